The van der Waals surface area contributed by atoms with Gasteiger partial charge in [-0.1, -0.05) is 30.3 Å². The van der Waals surface area contributed by atoms with Gasteiger partial charge in [-0.05, 0) is 5.56 Å². The van der Waals surface area contributed by atoms with E-state index in [4.69, 9.17) is 23.7 Å². The maximum Gasteiger partial charge on any atom is 0.187 e. The minimum atomic E-state index is -1.15. The molecule has 2 aliphatic rings. The average molecular weight is 386 g/mol. The highest BCUT2D eigenvalue weighted by Crippen LogP contribution is 2.31. The van der Waals surface area contributed by atoms with Gasteiger partial charge in [0.2, 0.25) is 0 Å². The lowest BCUT2D eigenvalue weighted by atomic mass is 10.1. The van der Waals surface area contributed by atoms with Gasteiger partial charge < -0.3 is 44.1 Å². The van der Waals surface area contributed by atoms with E-state index in [1.807, 2.05) is 30.3 Å². The Morgan fingerprint density at radius 3 is 2.07 bits per heavy atom. The van der Waals surface area contributed by atoms with Crippen molar-refractivity contribution in [2.45, 2.75) is 55.8 Å². The molecule has 0 bridgehead atoms. The first-order valence-corrected chi connectivity index (χ1v) is 8.81. The van der Waals surface area contributed by atoms with Gasteiger partial charge in [0.25, 0.3) is 0 Å². The van der Waals surface area contributed by atoms with E-state index in [1.54, 1.807) is 0 Å². The number of aliphatic hydroxyl groups is 4. The Kier molecular flexibility index (Phi) is 7.15. The first kappa shape index (κ1) is 20.6. The van der Waals surface area contributed by atoms with Crippen LogP contribution in [0.5, 0.6) is 0 Å². The minimum Gasteiger partial charge on any atom is -0.394 e. The fourth-order valence-corrected chi connectivity index (χ4v) is 3.25. The number of hydrogen-bond donors (Lipinski definition) is 4. The van der Waals surface area contributed by atoms with E-state index < -0.39 is 62.4 Å². The van der Waals surface area contributed by atoms with Crippen LogP contribution in [0.2, 0.25) is 0 Å². The van der Waals surface area contributed by atoms with Gasteiger partial charge in [-0.15, -0.1) is 0 Å². The van der Waals surface area contributed by atoms with Crippen LogP contribution in [-0.2, 0) is 30.3 Å². The van der Waals surface area contributed by atoms with E-state index in [2.05, 4.69) is 0 Å². The number of hydrogen-bond acceptors (Lipinski definition) is 9. The molecule has 9 nitrogen and oxygen atoms in total. The number of aliphatic hydroxyl groups excluding tert-OH is 4. The molecule has 27 heavy (non-hydrogen) atoms. The first-order valence-electron chi connectivity index (χ1n) is 8.81. The smallest absolute Gasteiger partial charge is 0.187 e. The van der Waals surface area contributed by atoms with E-state index in [9.17, 15) is 20.4 Å². The molecule has 4 N–H and O–H groups in total. The summed E-state index contributed by atoms with van der Waals surface area (Å²) < 4.78 is 27.7. The van der Waals surface area contributed by atoms with Gasteiger partial charge in [0.15, 0.2) is 12.6 Å². The van der Waals surface area contributed by atoms with Crippen LogP contribution in [0.4, 0.5) is 0 Å². The van der Waals surface area contributed by atoms with Gasteiger partial charge in [0.1, 0.15) is 36.6 Å². The van der Waals surface area contributed by atoms with E-state index in [1.165, 1.54) is 7.11 Å². The Balaban J connectivity index is 1.69. The highest BCUT2D eigenvalue weighted by molar-refractivity contribution is 5.13. The van der Waals surface area contributed by atoms with E-state index in [0.717, 1.165) is 5.56 Å². The van der Waals surface area contributed by atoms with Crippen molar-refractivity contribution in [1.29, 1.82) is 0 Å². The second-order valence-electron chi connectivity index (χ2n) is 6.53. The molecule has 0 unspecified atom stereocenters. The molecule has 152 valence electrons. The van der Waals surface area contributed by atoms with Crippen LogP contribution < -0.4 is 0 Å². The molecule has 0 spiro atoms. The predicted octanol–water partition coefficient (Wildman–Crippen LogP) is -1.24. The van der Waals surface area contributed by atoms with Crippen LogP contribution in [0.1, 0.15) is 5.56 Å². The summed E-state index contributed by atoms with van der Waals surface area (Å²) in [6, 6.07) is 9.38. The van der Waals surface area contributed by atoms with E-state index in [0.29, 0.717) is 0 Å². The van der Waals surface area contributed by atoms with Crippen molar-refractivity contribution in [2.75, 3.05) is 20.3 Å². The van der Waals surface area contributed by atoms with Gasteiger partial charge in [-0.2, -0.15) is 0 Å². The van der Waals surface area contributed by atoms with Crippen molar-refractivity contribution in [3.8, 4) is 0 Å². The predicted molar refractivity (Wildman–Crippen MR) is 90.4 cm³/mol. The van der Waals surface area contributed by atoms with Crippen LogP contribution >= 0.6 is 0 Å². The van der Waals surface area contributed by atoms with Crippen molar-refractivity contribution in [3.63, 3.8) is 0 Å². The molecule has 1 aromatic carbocycles. The molecular formula is C18H26O9. The van der Waals surface area contributed by atoms with Crippen LogP contribution in [0.15, 0.2) is 30.3 Å². The highest BCUT2D eigenvalue weighted by atomic mass is 16.8. The summed E-state index contributed by atoms with van der Waals surface area (Å²) in [4.78, 5) is 0. The quantitative estimate of drug-likeness (QED) is 0.434. The Morgan fingerprint density at radius 2 is 1.48 bits per heavy atom. The number of methoxy groups -OCH3 is 1. The van der Waals surface area contributed by atoms with Crippen molar-refractivity contribution < 1.29 is 44.1 Å². The van der Waals surface area contributed by atoms with Gasteiger partial charge >= 0.3 is 0 Å². The third kappa shape index (κ3) is 4.48. The van der Waals surface area contributed by atoms with Crippen molar-refractivity contribution in [3.05, 3.63) is 35.9 Å². The molecule has 0 amide bonds. The molecule has 3 rings (SSSR count). The van der Waals surface area contributed by atoms with E-state index in [-0.39, 0.29) is 6.61 Å². The van der Waals surface area contributed by atoms with Crippen LogP contribution in [0, 0.1) is 0 Å². The fraction of sp³-hybridized carbons (Fsp3) is 0.667. The van der Waals surface area contributed by atoms with Crippen LogP contribution in [0.3, 0.4) is 0 Å². The summed E-state index contributed by atoms with van der Waals surface area (Å²) >= 11 is 0. The summed E-state index contributed by atoms with van der Waals surface area (Å²) in [6.07, 6.45) is -7.82. The lowest BCUT2D eigenvalue weighted by Gasteiger charge is -2.27. The molecule has 1 aromatic rings. The zero-order chi connectivity index (χ0) is 19.4. The molecule has 0 radical (unpaired) electrons. The maximum absolute atomic E-state index is 10.4. The van der Waals surface area contributed by atoms with Gasteiger partial charge in [0.05, 0.1) is 19.8 Å². The SMILES string of the molecule is CO[C@H]1O[C@H](CO)[C@@H](O)[C@@H]1O[C@@H]1O[C@H](CO)[C@@H](O)[C@@H]1OCc1ccccc1. The number of rotatable bonds is 8. The normalized spacial score (nSPS) is 39.1. The average Bonchev–Trinajstić information content (AvgIpc) is 3.17. The van der Waals surface area contributed by atoms with Crippen LogP contribution in [0.25, 0.3) is 0 Å². The number of ether oxygens (including phenoxy) is 5. The Morgan fingerprint density at radius 1 is 0.889 bits per heavy atom. The van der Waals surface area contributed by atoms with Crippen LogP contribution in [-0.4, -0.2) is 90.0 Å². The van der Waals surface area contributed by atoms with Crippen molar-refractivity contribution in [2.24, 2.45) is 0 Å². The Labute approximate surface area is 157 Å². The maximum atomic E-state index is 10.4. The lowest BCUT2D eigenvalue weighted by molar-refractivity contribution is -0.247. The largest absolute Gasteiger partial charge is 0.394 e. The second kappa shape index (κ2) is 9.37. The van der Waals surface area contributed by atoms with Crippen molar-refractivity contribution >= 4 is 0 Å². The number of benzene rings is 1. The first-order chi connectivity index (χ1) is 13.1. The molecule has 2 aliphatic heterocycles. The van der Waals surface area contributed by atoms with E-state index >= 15 is 0 Å². The third-order valence-corrected chi connectivity index (χ3v) is 4.76. The van der Waals surface area contributed by atoms with Gasteiger partial charge in [-0.25, -0.2) is 0 Å². The molecule has 0 aliphatic carbocycles. The monoisotopic (exact) mass is 386 g/mol. The van der Waals surface area contributed by atoms with Gasteiger partial charge in [-0.3, -0.25) is 0 Å². The molecule has 2 saturated heterocycles. The fourth-order valence-electron chi connectivity index (χ4n) is 3.25. The molecule has 0 saturated carbocycles. The standard InChI is InChI=1S/C18H26O9/c1-23-17-16(14(22)12(8-20)25-17)27-18-15(13(21)11(7-19)26-18)24-9-10-5-3-2-4-6-10/h2-6,11-22H,7-9H2,1H3/t11-,12-,13-,14-,15+,16+,17+,18+/m1/s1. The third-order valence-electron chi connectivity index (χ3n) is 4.76. The zero-order valence-electron chi connectivity index (χ0n) is 15.0. The van der Waals surface area contributed by atoms with Gasteiger partial charge in [0, 0.05) is 7.11 Å². The highest BCUT2D eigenvalue weighted by Gasteiger charge is 2.51. The summed E-state index contributed by atoms with van der Waals surface area (Å²) in [5.41, 5.74) is 0.898. The molecule has 0 aromatic heterocycles. The zero-order valence-corrected chi connectivity index (χ0v) is 15.0. The lowest BCUT2D eigenvalue weighted by Crippen LogP contribution is -2.44. The molecule has 8 atom stereocenters. The second-order valence-corrected chi connectivity index (χ2v) is 6.53. The Bertz CT molecular complexity index is 569. The minimum absolute atomic E-state index is 0.209. The topological polar surface area (TPSA) is 127 Å². The summed E-state index contributed by atoms with van der Waals surface area (Å²) in [5, 5.41) is 39.4. The molecular weight excluding hydrogens is 360 g/mol. The summed E-state index contributed by atoms with van der Waals surface area (Å²) in [6.45, 7) is -0.605. The molecule has 9 heteroatoms. The Hall–Kier alpha value is -1.14. The van der Waals surface area contributed by atoms with Crippen molar-refractivity contribution in [1.82, 2.24) is 0 Å². The summed E-state index contributed by atoms with van der Waals surface area (Å²) in [7, 11) is 1.39. The summed E-state index contributed by atoms with van der Waals surface area (Å²) in [5.74, 6) is 0. The molecule has 2 heterocycles. The molecule has 2 fully saturated rings.